The van der Waals surface area contributed by atoms with Crippen molar-refractivity contribution in [3.05, 3.63) is 102 Å². The summed E-state index contributed by atoms with van der Waals surface area (Å²) in [4.78, 5) is 33.5. The maximum atomic E-state index is 13.7. The number of nitrogens with zero attached hydrogens (tertiary/aromatic N) is 3. The van der Waals surface area contributed by atoms with Crippen molar-refractivity contribution >= 4 is 66.9 Å². The van der Waals surface area contributed by atoms with Crippen LogP contribution in [0.2, 0.25) is 10.0 Å². The van der Waals surface area contributed by atoms with Gasteiger partial charge in [-0.25, -0.2) is 0 Å². The minimum absolute atomic E-state index is 0.0649. The third-order valence-corrected chi connectivity index (χ3v) is 9.50. The van der Waals surface area contributed by atoms with Gasteiger partial charge in [0.05, 0.1) is 16.1 Å². The fourth-order valence-electron chi connectivity index (χ4n) is 5.69. The Hall–Kier alpha value is -1.90. The first kappa shape index (κ1) is 29.6. The molecule has 2 amide bonds. The number of carbonyl (C=O) groups excluding carboxylic acids is 2. The van der Waals surface area contributed by atoms with Crippen molar-refractivity contribution in [3.63, 3.8) is 0 Å². The van der Waals surface area contributed by atoms with Crippen molar-refractivity contribution < 1.29 is 9.59 Å². The Labute approximate surface area is 262 Å². The lowest BCUT2D eigenvalue weighted by atomic mass is 9.91. The molecule has 0 bridgehead atoms. The predicted molar refractivity (Wildman–Crippen MR) is 168 cm³/mol. The van der Waals surface area contributed by atoms with E-state index < -0.39 is 0 Å². The SMILES string of the molecule is O=C(c1cc(Br)cc(Br)c1)N1CCN(C(=O)CC2CCN(Cc3ccccc3)CC2)C(c2ccc(Cl)c(Cl)c2)C1. The molecule has 3 aromatic carbocycles. The van der Waals surface area contributed by atoms with E-state index in [1.807, 2.05) is 46.2 Å². The van der Waals surface area contributed by atoms with E-state index in [4.69, 9.17) is 23.2 Å². The Morgan fingerprint density at radius 2 is 1.52 bits per heavy atom. The van der Waals surface area contributed by atoms with E-state index in [1.165, 1.54) is 5.56 Å². The summed E-state index contributed by atoms with van der Waals surface area (Å²) in [5.74, 6) is 0.424. The minimum Gasteiger partial charge on any atom is -0.334 e. The van der Waals surface area contributed by atoms with Crippen LogP contribution in [0.4, 0.5) is 0 Å². The fourth-order valence-corrected chi connectivity index (χ4v) is 7.29. The van der Waals surface area contributed by atoms with Gasteiger partial charge < -0.3 is 9.80 Å². The summed E-state index contributed by atoms with van der Waals surface area (Å²) >= 11 is 19.6. The van der Waals surface area contributed by atoms with Crippen molar-refractivity contribution in [1.29, 1.82) is 0 Å². The standard InChI is InChI=1S/C31H31Br2Cl2N3O2/c32-25-15-24(16-26(33)18-25)31(40)37-12-13-38(29(20-37)23-6-7-27(34)28(35)17-23)30(39)14-21-8-10-36(11-9-21)19-22-4-2-1-3-5-22/h1-7,15-18,21,29H,8-14,19-20H2. The zero-order valence-corrected chi connectivity index (χ0v) is 26.7. The van der Waals surface area contributed by atoms with Crippen LogP contribution in [0.25, 0.3) is 0 Å². The molecule has 2 fully saturated rings. The van der Waals surface area contributed by atoms with E-state index in [0.717, 1.165) is 47.0 Å². The molecule has 5 rings (SSSR count). The molecule has 210 valence electrons. The number of piperidine rings is 1. The van der Waals surface area contributed by atoms with Crippen LogP contribution < -0.4 is 0 Å². The third kappa shape index (κ3) is 7.29. The van der Waals surface area contributed by atoms with Gasteiger partial charge in [0.15, 0.2) is 0 Å². The van der Waals surface area contributed by atoms with Gasteiger partial charge in [0.25, 0.3) is 5.91 Å². The van der Waals surface area contributed by atoms with Crippen LogP contribution in [-0.2, 0) is 11.3 Å². The summed E-state index contributed by atoms with van der Waals surface area (Å²) in [6, 6.07) is 21.3. The Morgan fingerprint density at radius 1 is 0.825 bits per heavy atom. The van der Waals surface area contributed by atoms with Gasteiger partial charge in [-0.15, -0.1) is 0 Å². The number of carbonyl (C=O) groups is 2. The van der Waals surface area contributed by atoms with Crippen LogP contribution in [0.3, 0.4) is 0 Å². The van der Waals surface area contributed by atoms with Crippen LogP contribution >= 0.6 is 55.1 Å². The van der Waals surface area contributed by atoms with Gasteiger partial charge in [0.2, 0.25) is 5.91 Å². The van der Waals surface area contributed by atoms with Crippen LogP contribution in [0.15, 0.2) is 75.7 Å². The lowest BCUT2D eigenvalue weighted by Gasteiger charge is -2.42. The number of benzene rings is 3. The molecular weight excluding hydrogens is 677 g/mol. The maximum absolute atomic E-state index is 13.7. The predicted octanol–water partition coefficient (Wildman–Crippen LogP) is 7.85. The number of piperazine rings is 1. The normalized spacial score (nSPS) is 18.6. The van der Waals surface area contributed by atoms with Gasteiger partial charge >= 0.3 is 0 Å². The van der Waals surface area contributed by atoms with Crippen LogP contribution in [-0.4, -0.2) is 59.2 Å². The van der Waals surface area contributed by atoms with Gasteiger partial charge in [-0.1, -0.05) is 91.5 Å². The zero-order chi connectivity index (χ0) is 28.2. The maximum Gasteiger partial charge on any atom is 0.254 e. The summed E-state index contributed by atoms with van der Waals surface area (Å²) in [5, 5.41) is 0.907. The monoisotopic (exact) mass is 705 g/mol. The molecule has 40 heavy (non-hydrogen) atoms. The summed E-state index contributed by atoms with van der Waals surface area (Å²) in [5.41, 5.74) is 2.80. The second-order valence-electron chi connectivity index (χ2n) is 10.6. The van der Waals surface area contributed by atoms with E-state index in [2.05, 4.69) is 61.0 Å². The van der Waals surface area contributed by atoms with Gasteiger partial charge in [0.1, 0.15) is 0 Å². The second-order valence-corrected chi connectivity index (χ2v) is 13.2. The van der Waals surface area contributed by atoms with E-state index in [9.17, 15) is 9.59 Å². The number of hydrogen-bond donors (Lipinski definition) is 0. The van der Waals surface area contributed by atoms with E-state index in [1.54, 1.807) is 6.07 Å². The number of halogens is 4. The number of rotatable bonds is 6. The lowest BCUT2D eigenvalue weighted by Crippen LogP contribution is -2.52. The van der Waals surface area contributed by atoms with Gasteiger partial charge in [-0.05, 0) is 73.3 Å². The van der Waals surface area contributed by atoms with Crippen molar-refractivity contribution in [2.75, 3.05) is 32.7 Å². The number of likely N-dealkylation sites (tertiary alicyclic amines) is 1. The molecule has 2 saturated heterocycles. The fraction of sp³-hybridized carbons (Fsp3) is 0.355. The topological polar surface area (TPSA) is 43.9 Å². The van der Waals surface area contributed by atoms with Gasteiger partial charge in [-0.2, -0.15) is 0 Å². The van der Waals surface area contributed by atoms with E-state index in [0.29, 0.717) is 47.6 Å². The number of amides is 2. The molecule has 0 spiro atoms. The first-order valence-corrected chi connectivity index (χ1v) is 15.9. The third-order valence-electron chi connectivity index (χ3n) is 7.85. The molecule has 5 nitrogen and oxygen atoms in total. The quantitative estimate of drug-likeness (QED) is 0.262. The summed E-state index contributed by atoms with van der Waals surface area (Å²) in [7, 11) is 0. The average molecular weight is 708 g/mol. The van der Waals surface area contributed by atoms with Crippen LogP contribution in [0.5, 0.6) is 0 Å². The Bertz CT molecular complexity index is 1350. The molecule has 1 unspecified atom stereocenters. The molecule has 0 saturated carbocycles. The Kier molecular flexibility index (Phi) is 9.90. The van der Waals surface area contributed by atoms with E-state index >= 15 is 0 Å². The molecule has 9 heteroatoms. The number of hydrogen-bond acceptors (Lipinski definition) is 3. The molecule has 3 aromatic rings. The molecule has 0 aromatic heterocycles. The summed E-state index contributed by atoms with van der Waals surface area (Å²) in [6.07, 6.45) is 2.53. The van der Waals surface area contributed by atoms with Crippen molar-refractivity contribution in [2.24, 2.45) is 5.92 Å². The Morgan fingerprint density at radius 3 is 2.20 bits per heavy atom. The average Bonchev–Trinajstić information content (AvgIpc) is 2.95. The largest absolute Gasteiger partial charge is 0.334 e. The smallest absolute Gasteiger partial charge is 0.254 e. The molecule has 0 aliphatic carbocycles. The summed E-state index contributed by atoms with van der Waals surface area (Å²) < 4.78 is 1.66. The van der Waals surface area contributed by atoms with Crippen molar-refractivity contribution in [2.45, 2.75) is 31.8 Å². The molecular formula is C31H31Br2Cl2N3O2. The highest BCUT2D eigenvalue weighted by Crippen LogP contribution is 2.33. The summed E-state index contributed by atoms with van der Waals surface area (Å²) in [6.45, 7) is 4.27. The molecule has 1 atom stereocenters. The first-order valence-electron chi connectivity index (χ1n) is 13.5. The highest BCUT2D eigenvalue weighted by atomic mass is 79.9. The van der Waals surface area contributed by atoms with Crippen molar-refractivity contribution in [3.8, 4) is 0 Å². The Balaban J connectivity index is 1.27. The lowest BCUT2D eigenvalue weighted by molar-refractivity contribution is -0.137. The van der Waals surface area contributed by atoms with E-state index in [-0.39, 0.29) is 17.9 Å². The van der Waals surface area contributed by atoms with Crippen molar-refractivity contribution in [1.82, 2.24) is 14.7 Å². The molecule has 2 aliphatic heterocycles. The first-order chi connectivity index (χ1) is 19.3. The highest BCUT2D eigenvalue weighted by molar-refractivity contribution is 9.11. The zero-order valence-electron chi connectivity index (χ0n) is 22.0. The molecule has 2 aliphatic rings. The minimum atomic E-state index is -0.297. The highest BCUT2D eigenvalue weighted by Gasteiger charge is 2.35. The molecule has 0 radical (unpaired) electrons. The van der Waals surface area contributed by atoms with Gasteiger partial charge in [-0.3, -0.25) is 14.5 Å². The second kappa shape index (κ2) is 13.4. The van der Waals surface area contributed by atoms with Crippen LogP contribution in [0.1, 0.15) is 46.8 Å². The van der Waals surface area contributed by atoms with Gasteiger partial charge in [0, 0.05) is 47.1 Å². The molecule has 0 N–H and O–H groups in total. The molecule has 2 heterocycles. The van der Waals surface area contributed by atoms with Crippen LogP contribution in [0, 0.1) is 5.92 Å².